The van der Waals surface area contributed by atoms with Gasteiger partial charge in [0.05, 0.1) is 6.20 Å². The van der Waals surface area contributed by atoms with E-state index in [4.69, 9.17) is 11.6 Å². The first kappa shape index (κ1) is 29.5. The number of rotatable bonds is 5. The zero-order valence-corrected chi connectivity index (χ0v) is 20.4. The number of nitrogens with zero attached hydrogens (tertiary/aromatic N) is 3. The number of aromatic nitrogens is 3. The van der Waals surface area contributed by atoms with Crippen LogP contribution in [0.2, 0.25) is 5.15 Å². The van der Waals surface area contributed by atoms with E-state index in [-0.39, 0.29) is 27.9 Å². The highest BCUT2D eigenvalue weighted by atomic mass is 79.9. The minimum Gasteiger partial charge on any atom is -0.478 e. The van der Waals surface area contributed by atoms with Crippen molar-refractivity contribution in [2.75, 3.05) is 0 Å². The number of carboxylic acids is 1. The zero-order valence-electron chi connectivity index (χ0n) is 18.0. The SMILES string of the molecule is Cc1c(-c2cnn(-c3c(Br)cc(C(F)(C(F)(F)F)C(F)(F)F)cc3OC(F)(F)F)c2)cnc(Cl)c1C(=O)O. The van der Waals surface area contributed by atoms with Gasteiger partial charge in [-0.15, -0.1) is 13.2 Å². The fraction of sp³-hybridized carbons (Fsp3) is 0.250. The van der Waals surface area contributed by atoms with Gasteiger partial charge < -0.3 is 9.84 Å². The molecule has 0 aliphatic rings. The third-order valence-corrected chi connectivity index (χ3v) is 5.95. The van der Waals surface area contributed by atoms with E-state index in [1.165, 1.54) is 6.92 Å². The smallest absolute Gasteiger partial charge is 0.478 e. The zero-order chi connectivity index (χ0) is 29.0. The van der Waals surface area contributed by atoms with Crippen LogP contribution >= 0.6 is 27.5 Å². The molecular formula is C20H9BrClF10N3O3. The Bertz CT molecular complexity index is 1390. The predicted octanol–water partition coefficient (Wildman–Crippen LogP) is 7.54. The maximum Gasteiger partial charge on any atom is 0.573 e. The van der Waals surface area contributed by atoms with Crippen molar-refractivity contribution >= 4 is 33.5 Å². The van der Waals surface area contributed by atoms with Crippen molar-refractivity contribution < 1.29 is 58.5 Å². The van der Waals surface area contributed by atoms with Crippen LogP contribution in [0.15, 0.2) is 35.2 Å². The number of alkyl halides is 10. The van der Waals surface area contributed by atoms with Gasteiger partial charge in [-0.1, -0.05) is 11.6 Å². The van der Waals surface area contributed by atoms with E-state index in [2.05, 4.69) is 30.7 Å². The van der Waals surface area contributed by atoms with Crippen molar-refractivity contribution in [3.05, 3.63) is 57.0 Å². The van der Waals surface area contributed by atoms with E-state index in [9.17, 15) is 53.8 Å². The van der Waals surface area contributed by atoms with Crippen LogP contribution in [0.4, 0.5) is 43.9 Å². The van der Waals surface area contributed by atoms with Crippen molar-refractivity contribution in [3.63, 3.8) is 0 Å². The molecule has 0 amide bonds. The van der Waals surface area contributed by atoms with E-state index in [0.717, 1.165) is 18.6 Å². The van der Waals surface area contributed by atoms with Crippen molar-refractivity contribution in [2.24, 2.45) is 0 Å². The number of pyridine rings is 1. The normalized spacial score (nSPS) is 13.1. The Labute approximate surface area is 217 Å². The van der Waals surface area contributed by atoms with Crippen LogP contribution in [-0.2, 0) is 5.67 Å². The number of ether oxygens (including phenoxy) is 1. The number of carboxylic acid groups (broad SMARTS) is 1. The van der Waals surface area contributed by atoms with Crippen LogP contribution < -0.4 is 4.74 Å². The predicted molar refractivity (Wildman–Crippen MR) is 113 cm³/mol. The van der Waals surface area contributed by atoms with Crippen molar-refractivity contribution in [1.82, 2.24) is 14.8 Å². The minimum atomic E-state index is -6.61. The lowest BCUT2D eigenvalue weighted by molar-refractivity contribution is -0.348. The molecular weight excluding hydrogens is 636 g/mol. The molecule has 18 heteroatoms. The Hall–Kier alpha value is -3.08. The first-order valence-corrected chi connectivity index (χ1v) is 10.7. The summed E-state index contributed by atoms with van der Waals surface area (Å²) >= 11 is 8.34. The maximum absolute atomic E-state index is 14.6. The van der Waals surface area contributed by atoms with Crippen LogP contribution in [0.1, 0.15) is 21.5 Å². The number of halogens is 12. The number of aromatic carboxylic acids is 1. The standard InChI is InChI=1S/C20H9BrClF10N3O3/c1-7-10(5-33-15(22)13(7)16(36)37)8-4-34-35(6-8)14-11(21)2-9(3-12(14)38-20(30,31)32)17(23,18(24,25)26)19(27,28)29/h2-6H,1H3,(H,36,37). The second-order valence-corrected chi connectivity index (χ2v) is 8.66. The summed E-state index contributed by atoms with van der Waals surface area (Å²) < 4.78 is 136. The lowest BCUT2D eigenvalue weighted by atomic mass is 9.93. The Kier molecular flexibility index (Phi) is 7.44. The summed E-state index contributed by atoms with van der Waals surface area (Å²) in [5.74, 6) is -3.12. The summed E-state index contributed by atoms with van der Waals surface area (Å²) in [6.07, 6.45) is -15.8. The molecule has 6 nitrogen and oxygen atoms in total. The highest BCUT2D eigenvalue weighted by molar-refractivity contribution is 9.10. The lowest BCUT2D eigenvalue weighted by Crippen LogP contribution is -2.50. The van der Waals surface area contributed by atoms with Crippen LogP contribution in [0.25, 0.3) is 16.8 Å². The number of benzene rings is 1. The van der Waals surface area contributed by atoms with E-state index >= 15 is 0 Å². The van der Waals surface area contributed by atoms with E-state index in [1.807, 2.05) is 0 Å². The van der Waals surface area contributed by atoms with Crippen LogP contribution in [0.5, 0.6) is 5.75 Å². The molecule has 1 aromatic carbocycles. The third kappa shape index (κ3) is 5.25. The monoisotopic (exact) mass is 643 g/mol. The number of carbonyl (C=O) groups is 1. The Balaban J connectivity index is 2.26. The molecule has 0 fully saturated rings. The average Bonchev–Trinajstić information content (AvgIpc) is 3.18. The molecule has 206 valence electrons. The molecule has 0 aliphatic heterocycles. The Morgan fingerprint density at radius 1 is 1.03 bits per heavy atom. The number of hydrogen-bond acceptors (Lipinski definition) is 4. The Morgan fingerprint density at radius 3 is 2.11 bits per heavy atom. The average molecular weight is 645 g/mol. The summed E-state index contributed by atoms with van der Waals surface area (Å²) in [4.78, 5) is 15.2. The first-order valence-electron chi connectivity index (χ1n) is 9.55. The molecule has 38 heavy (non-hydrogen) atoms. The largest absolute Gasteiger partial charge is 0.573 e. The second kappa shape index (κ2) is 9.59. The quantitative estimate of drug-likeness (QED) is 0.229. The van der Waals surface area contributed by atoms with Crippen molar-refractivity contribution in [1.29, 1.82) is 0 Å². The fourth-order valence-corrected chi connectivity index (χ4v) is 4.28. The maximum atomic E-state index is 14.6. The first-order chi connectivity index (χ1) is 17.2. The molecule has 0 radical (unpaired) electrons. The summed E-state index contributed by atoms with van der Waals surface area (Å²) in [5, 5.41) is 12.7. The van der Waals surface area contributed by atoms with Gasteiger partial charge in [0.2, 0.25) is 0 Å². The molecule has 0 unspecified atom stereocenters. The minimum absolute atomic E-state index is 0.00789. The van der Waals surface area contributed by atoms with Gasteiger partial charge in [0, 0.05) is 33.6 Å². The molecule has 0 saturated heterocycles. The lowest BCUT2D eigenvalue weighted by Gasteiger charge is -2.31. The summed E-state index contributed by atoms with van der Waals surface area (Å²) in [7, 11) is 0. The van der Waals surface area contributed by atoms with Gasteiger partial charge in [-0.05, 0) is 40.5 Å². The van der Waals surface area contributed by atoms with E-state index in [0.29, 0.717) is 4.68 Å². The van der Waals surface area contributed by atoms with Gasteiger partial charge in [0.25, 0.3) is 0 Å². The molecule has 3 aromatic rings. The van der Waals surface area contributed by atoms with Crippen LogP contribution in [-0.4, -0.2) is 44.6 Å². The van der Waals surface area contributed by atoms with Gasteiger partial charge in [0.1, 0.15) is 16.4 Å². The molecule has 1 N–H and O–H groups in total. The molecule has 0 spiro atoms. The van der Waals surface area contributed by atoms with Gasteiger partial charge in [-0.2, -0.15) is 31.4 Å². The summed E-state index contributed by atoms with van der Waals surface area (Å²) in [6, 6.07) is -0.411. The molecule has 3 rings (SSSR count). The van der Waals surface area contributed by atoms with Gasteiger partial charge >= 0.3 is 30.4 Å². The van der Waals surface area contributed by atoms with Crippen molar-refractivity contribution in [2.45, 2.75) is 31.3 Å². The fourth-order valence-electron chi connectivity index (χ4n) is 3.38. The molecule has 0 atom stereocenters. The molecule has 2 heterocycles. The van der Waals surface area contributed by atoms with Crippen LogP contribution in [0.3, 0.4) is 0 Å². The molecule has 0 saturated carbocycles. The highest BCUT2D eigenvalue weighted by Crippen LogP contribution is 2.55. The van der Waals surface area contributed by atoms with Crippen LogP contribution in [0, 0.1) is 6.92 Å². The molecule has 2 aromatic heterocycles. The second-order valence-electron chi connectivity index (χ2n) is 7.45. The molecule has 0 bridgehead atoms. The highest BCUT2D eigenvalue weighted by Gasteiger charge is 2.73. The molecule has 0 aliphatic carbocycles. The topological polar surface area (TPSA) is 77.2 Å². The van der Waals surface area contributed by atoms with Gasteiger partial charge in [-0.3, -0.25) is 0 Å². The summed E-state index contributed by atoms with van der Waals surface area (Å²) in [5.41, 5.74) is -9.45. The van der Waals surface area contributed by atoms with E-state index in [1.54, 1.807) is 0 Å². The van der Waals surface area contributed by atoms with Gasteiger partial charge in [-0.25, -0.2) is 18.9 Å². The third-order valence-electron chi connectivity index (χ3n) is 5.06. The van der Waals surface area contributed by atoms with E-state index < -0.39 is 63.5 Å². The van der Waals surface area contributed by atoms with Gasteiger partial charge in [0.15, 0.2) is 5.75 Å². The van der Waals surface area contributed by atoms with Crippen molar-refractivity contribution in [3.8, 4) is 22.6 Å². The summed E-state index contributed by atoms with van der Waals surface area (Å²) in [6.45, 7) is 1.32. The number of hydrogen-bond donors (Lipinski definition) is 1. The Morgan fingerprint density at radius 2 is 1.61 bits per heavy atom.